The Kier molecular flexibility index (Phi) is 4.93. The molecule has 126 valence electrons. The van der Waals surface area contributed by atoms with E-state index >= 15 is 0 Å². The van der Waals surface area contributed by atoms with Gasteiger partial charge in [0.2, 0.25) is 5.88 Å². The number of carbonyl (C=O) groups excluding carboxylic acids is 1. The van der Waals surface area contributed by atoms with Crippen LogP contribution in [0.15, 0.2) is 36.4 Å². The van der Waals surface area contributed by atoms with E-state index in [-0.39, 0.29) is 12.0 Å². The second-order valence-corrected chi connectivity index (χ2v) is 5.85. The minimum absolute atomic E-state index is 0.0317. The van der Waals surface area contributed by atoms with Gasteiger partial charge in [0.05, 0.1) is 24.9 Å². The molecule has 3 rings (SSSR count). The molecule has 1 fully saturated rings. The van der Waals surface area contributed by atoms with Crippen LogP contribution in [0.3, 0.4) is 0 Å². The third-order valence-electron chi connectivity index (χ3n) is 4.06. The fraction of sp³-hybridized carbons (Fsp3) is 0.389. The van der Waals surface area contributed by atoms with Gasteiger partial charge in [0, 0.05) is 12.6 Å². The molecule has 0 saturated carbocycles. The molecule has 1 atom stereocenters. The van der Waals surface area contributed by atoms with Crippen LogP contribution in [0.5, 0.6) is 11.6 Å². The van der Waals surface area contributed by atoms with Crippen LogP contribution in [0.1, 0.15) is 28.9 Å². The quantitative estimate of drug-likeness (QED) is 0.863. The van der Waals surface area contributed by atoms with Gasteiger partial charge in [-0.1, -0.05) is 12.1 Å². The Morgan fingerprint density at radius 3 is 2.79 bits per heavy atom. The summed E-state index contributed by atoms with van der Waals surface area (Å²) in [6.45, 7) is 3.13. The number of aryl methyl sites for hydroxylation is 1. The third-order valence-corrected chi connectivity index (χ3v) is 4.06. The molecular formula is C18H21N3O3. The lowest BCUT2D eigenvalue weighted by Gasteiger charge is -2.32. The lowest BCUT2D eigenvalue weighted by Crippen LogP contribution is -2.44. The second-order valence-electron chi connectivity index (χ2n) is 5.85. The van der Waals surface area contributed by atoms with Gasteiger partial charge in [0.1, 0.15) is 11.9 Å². The van der Waals surface area contributed by atoms with Crippen molar-refractivity contribution in [2.24, 2.45) is 0 Å². The smallest absolute Gasteiger partial charge is 0.257 e. The summed E-state index contributed by atoms with van der Waals surface area (Å²) in [5.41, 5.74) is 1.43. The van der Waals surface area contributed by atoms with Crippen molar-refractivity contribution in [1.29, 1.82) is 0 Å². The maximum Gasteiger partial charge on any atom is 0.257 e. The highest BCUT2D eigenvalue weighted by Crippen LogP contribution is 2.23. The molecule has 6 heteroatoms. The molecule has 0 bridgehead atoms. The van der Waals surface area contributed by atoms with Crippen molar-refractivity contribution in [3.05, 3.63) is 47.7 Å². The number of aromatic nitrogens is 2. The third kappa shape index (κ3) is 3.64. The molecule has 2 aromatic rings. The predicted molar refractivity (Wildman–Crippen MR) is 89.3 cm³/mol. The molecule has 1 amide bonds. The van der Waals surface area contributed by atoms with Gasteiger partial charge >= 0.3 is 0 Å². The minimum atomic E-state index is -0.0746. The molecule has 0 spiro atoms. The van der Waals surface area contributed by atoms with E-state index in [0.717, 1.165) is 25.1 Å². The fourth-order valence-corrected chi connectivity index (χ4v) is 2.83. The van der Waals surface area contributed by atoms with E-state index in [9.17, 15) is 4.79 Å². The molecule has 1 aromatic heterocycles. The first-order valence-electron chi connectivity index (χ1n) is 8.06. The molecule has 2 heterocycles. The van der Waals surface area contributed by atoms with Crippen LogP contribution in [0, 0.1) is 6.92 Å². The van der Waals surface area contributed by atoms with E-state index in [1.54, 1.807) is 19.2 Å². The van der Waals surface area contributed by atoms with Gasteiger partial charge in [-0.2, -0.15) is 5.10 Å². The summed E-state index contributed by atoms with van der Waals surface area (Å²) < 4.78 is 11.2. The minimum Gasteiger partial charge on any atom is -0.496 e. The Balaban J connectivity index is 1.68. The van der Waals surface area contributed by atoms with Gasteiger partial charge in [0.25, 0.3) is 5.91 Å². The van der Waals surface area contributed by atoms with Crippen molar-refractivity contribution in [1.82, 2.24) is 15.1 Å². The normalized spacial score (nSPS) is 17.4. The average molecular weight is 327 g/mol. The maximum absolute atomic E-state index is 12.8. The summed E-state index contributed by atoms with van der Waals surface area (Å²) in [6.07, 6.45) is 1.71. The number of benzene rings is 1. The van der Waals surface area contributed by atoms with Crippen molar-refractivity contribution in [3.63, 3.8) is 0 Å². The van der Waals surface area contributed by atoms with E-state index in [1.165, 1.54) is 0 Å². The number of methoxy groups -OCH3 is 1. The summed E-state index contributed by atoms with van der Waals surface area (Å²) in [5, 5.41) is 8.03. The largest absolute Gasteiger partial charge is 0.496 e. The van der Waals surface area contributed by atoms with Crippen molar-refractivity contribution < 1.29 is 14.3 Å². The summed E-state index contributed by atoms with van der Waals surface area (Å²) in [7, 11) is 1.57. The summed E-state index contributed by atoms with van der Waals surface area (Å²) >= 11 is 0. The van der Waals surface area contributed by atoms with E-state index in [2.05, 4.69) is 10.2 Å². The molecule has 1 aromatic carbocycles. The monoisotopic (exact) mass is 327 g/mol. The zero-order chi connectivity index (χ0) is 16.9. The number of rotatable bonds is 4. The van der Waals surface area contributed by atoms with E-state index in [1.807, 2.05) is 36.1 Å². The lowest BCUT2D eigenvalue weighted by molar-refractivity contribution is 0.0522. The highest BCUT2D eigenvalue weighted by Gasteiger charge is 2.27. The van der Waals surface area contributed by atoms with Gasteiger partial charge in [0.15, 0.2) is 0 Å². The summed E-state index contributed by atoms with van der Waals surface area (Å²) in [5.74, 6) is 1.06. The van der Waals surface area contributed by atoms with E-state index in [4.69, 9.17) is 9.47 Å². The van der Waals surface area contributed by atoms with Crippen LogP contribution < -0.4 is 9.47 Å². The zero-order valence-corrected chi connectivity index (χ0v) is 13.9. The Morgan fingerprint density at radius 2 is 2.04 bits per heavy atom. The predicted octanol–water partition coefficient (Wildman–Crippen LogP) is 2.48. The first-order valence-corrected chi connectivity index (χ1v) is 8.06. The number of hydrogen-bond donors (Lipinski definition) is 0. The molecule has 1 aliphatic heterocycles. The van der Waals surface area contributed by atoms with Gasteiger partial charge in [-0.3, -0.25) is 4.79 Å². The molecular weight excluding hydrogens is 306 g/mol. The molecule has 0 unspecified atom stereocenters. The standard InChI is InChI=1S/C18H21N3O3/c1-13-9-10-17(20-19-13)24-14-6-5-11-21(12-14)18(22)15-7-3-4-8-16(15)23-2/h3-4,7-10,14H,5-6,11-12H2,1-2H3/t14-/m1/s1. The topological polar surface area (TPSA) is 64.5 Å². The summed E-state index contributed by atoms with van der Waals surface area (Å²) in [6, 6.07) is 11.0. The SMILES string of the molecule is COc1ccccc1C(=O)N1CCC[C@@H](Oc2ccc(C)nn2)C1. The number of nitrogens with zero attached hydrogens (tertiary/aromatic N) is 3. The number of carbonyl (C=O) groups is 1. The summed E-state index contributed by atoms with van der Waals surface area (Å²) in [4.78, 5) is 14.6. The number of ether oxygens (including phenoxy) is 2. The van der Waals surface area contributed by atoms with Crippen LogP contribution in [0.25, 0.3) is 0 Å². The Hall–Kier alpha value is -2.63. The molecule has 1 aliphatic rings. The van der Waals surface area contributed by atoms with E-state index in [0.29, 0.717) is 23.7 Å². The lowest BCUT2D eigenvalue weighted by atomic mass is 10.1. The highest BCUT2D eigenvalue weighted by atomic mass is 16.5. The van der Waals surface area contributed by atoms with Crippen molar-refractivity contribution in [2.75, 3.05) is 20.2 Å². The Labute approximate surface area is 141 Å². The van der Waals surface area contributed by atoms with Crippen LogP contribution in [0.2, 0.25) is 0 Å². The van der Waals surface area contributed by atoms with Crippen LogP contribution >= 0.6 is 0 Å². The number of piperidine rings is 1. The molecule has 0 aliphatic carbocycles. The molecule has 1 saturated heterocycles. The second kappa shape index (κ2) is 7.29. The zero-order valence-electron chi connectivity index (χ0n) is 13.9. The van der Waals surface area contributed by atoms with Gasteiger partial charge in [-0.05, 0) is 38.0 Å². The first-order chi connectivity index (χ1) is 11.7. The van der Waals surface area contributed by atoms with E-state index < -0.39 is 0 Å². The number of amides is 1. The van der Waals surface area contributed by atoms with Gasteiger partial charge in [-0.25, -0.2) is 0 Å². The Morgan fingerprint density at radius 1 is 1.21 bits per heavy atom. The van der Waals surface area contributed by atoms with Gasteiger partial charge in [-0.15, -0.1) is 5.10 Å². The highest BCUT2D eigenvalue weighted by molar-refractivity contribution is 5.97. The number of para-hydroxylation sites is 1. The van der Waals surface area contributed by atoms with Crippen molar-refractivity contribution >= 4 is 5.91 Å². The molecule has 0 N–H and O–H groups in total. The number of hydrogen-bond acceptors (Lipinski definition) is 5. The first kappa shape index (κ1) is 16.2. The molecule has 0 radical (unpaired) electrons. The van der Waals surface area contributed by atoms with Crippen molar-refractivity contribution in [2.45, 2.75) is 25.9 Å². The van der Waals surface area contributed by atoms with Crippen molar-refractivity contribution in [3.8, 4) is 11.6 Å². The van der Waals surface area contributed by atoms with Crippen LogP contribution in [-0.4, -0.2) is 47.3 Å². The number of likely N-dealkylation sites (tertiary alicyclic amines) is 1. The van der Waals surface area contributed by atoms with Gasteiger partial charge < -0.3 is 14.4 Å². The fourth-order valence-electron chi connectivity index (χ4n) is 2.83. The maximum atomic E-state index is 12.8. The Bertz CT molecular complexity index is 703. The molecule has 24 heavy (non-hydrogen) atoms. The molecule has 6 nitrogen and oxygen atoms in total. The van der Waals surface area contributed by atoms with Crippen LogP contribution in [0.4, 0.5) is 0 Å². The average Bonchev–Trinajstić information content (AvgIpc) is 2.63. The van der Waals surface area contributed by atoms with Crippen LogP contribution in [-0.2, 0) is 0 Å².